The number of nitrogens with zero attached hydrogens (tertiary/aromatic N) is 1. The summed E-state index contributed by atoms with van der Waals surface area (Å²) in [4.78, 5) is 21.5. The van der Waals surface area contributed by atoms with Crippen LogP contribution in [0.5, 0.6) is 0 Å². The molecule has 0 saturated carbocycles. The quantitative estimate of drug-likeness (QED) is 0.497. The molecule has 98 valence electrons. The van der Waals surface area contributed by atoms with E-state index in [-0.39, 0.29) is 17.2 Å². The predicted molar refractivity (Wildman–Crippen MR) is 63.8 cm³/mol. The summed E-state index contributed by atoms with van der Waals surface area (Å²) in [7, 11) is 0. The number of rotatable bonds is 5. The van der Waals surface area contributed by atoms with E-state index in [1.165, 1.54) is 24.3 Å². The molecule has 0 aliphatic carbocycles. The number of ether oxygens (including phenoxy) is 1. The Kier molecular flexibility index (Phi) is 4.63. The van der Waals surface area contributed by atoms with Gasteiger partial charge in [-0.1, -0.05) is 23.7 Å². The van der Waals surface area contributed by atoms with E-state index in [2.05, 4.69) is 4.74 Å². The molecule has 1 aromatic rings. The Morgan fingerprint density at radius 1 is 1.61 bits per heavy atom. The number of hydrogen-bond donors (Lipinski definition) is 1. The lowest BCUT2D eigenvalue weighted by Gasteiger charge is -2.22. The van der Waals surface area contributed by atoms with Gasteiger partial charge in [-0.15, -0.1) is 0 Å². The number of hydrogen-bond acceptors (Lipinski definition) is 5. The zero-order valence-electron chi connectivity index (χ0n) is 9.63. The summed E-state index contributed by atoms with van der Waals surface area (Å²) in [5.41, 5.74) is -2.30. The van der Waals surface area contributed by atoms with E-state index >= 15 is 0 Å². The third kappa shape index (κ3) is 3.18. The summed E-state index contributed by atoms with van der Waals surface area (Å²) in [5, 5.41) is 21.1. The molecule has 1 N–H and O–H groups in total. The van der Waals surface area contributed by atoms with Gasteiger partial charge in [0.15, 0.2) is 0 Å². The van der Waals surface area contributed by atoms with Crippen LogP contribution >= 0.6 is 11.6 Å². The van der Waals surface area contributed by atoms with E-state index in [0.29, 0.717) is 0 Å². The van der Waals surface area contributed by atoms with Gasteiger partial charge in [0.2, 0.25) is 6.54 Å². The van der Waals surface area contributed by atoms with Gasteiger partial charge in [0.05, 0.1) is 6.61 Å². The standard InChI is InChI=1S/C11H12ClNO5/c1-2-18-10(14)11(15,7-13(16)17)8-4-3-5-9(12)6-8/h3-6,15H,2,7H2,1H3/t11-/m0/s1. The molecule has 1 aromatic carbocycles. The summed E-state index contributed by atoms with van der Waals surface area (Å²) in [6.45, 7) is 0.577. The van der Waals surface area contributed by atoms with Crippen LogP contribution < -0.4 is 0 Å². The molecule has 6 nitrogen and oxygen atoms in total. The van der Waals surface area contributed by atoms with Gasteiger partial charge in [-0.05, 0) is 19.1 Å². The van der Waals surface area contributed by atoms with E-state index in [1.807, 2.05) is 0 Å². The van der Waals surface area contributed by atoms with Crippen LogP contribution in [0.25, 0.3) is 0 Å². The van der Waals surface area contributed by atoms with Crippen LogP contribution in [0, 0.1) is 10.1 Å². The van der Waals surface area contributed by atoms with Crippen molar-refractivity contribution >= 4 is 17.6 Å². The van der Waals surface area contributed by atoms with Crippen LogP contribution in [-0.2, 0) is 15.1 Å². The van der Waals surface area contributed by atoms with Gasteiger partial charge >= 0.3 is 5.97 Å². The van der Waals surface area contributed by atoms with Crippen LogP contribution in [-0.4, -0.2) is 29.2 Å². The second kappa shape index (κ2) is 5.79. The molecule has 0 heterocycles. The van der Waals surface area contributed by atoms with Crippen molar-refractivity contribution in [1.82, 2.24) is 0 Å². The summed E-state index contributed by atoms with van der Waals surface area (Å²) < 4.78 is 4.67. The second-order valence-corrected chi connectivity index (χ2v) is 4.02. The lowest BCUT2D eigenvalue weighted by atomic mass is 9.94. The van der Waals surface area contributed by atoms with Gasteiger partial charge in [0.25, 0.3) is 5.60 Å². The highest BCUT2D eigenvalue weighted by Crippen LogP contribution is 2.25. The number of esters is 1. The van der Waals surface area contributed by atoms with E-state index in [0.717, 1.165) is 0 Å². The maximum Gasteiger partial charge on any atom is 0.349 e. The minimum atomic E-state index is -2.33. The Bertz CT molecular complexity index is 465. The molecule has 0 radical (unpaired) electrons. The molecule has 0 aromatic heterocycles. The molecule has 0 aliphatic heterocycles. The summed E-state index contributed by atoms with van der Waals surface area (Å²) in [6, 6.07) is 5.69. The Balaban J connectivity index is 3.19. The van der Waals surface area contributed by atoms with E-state index in [1.54, 1.807) is 6.92 Å². The maximum atomic E-state index is 11.7. The number of aliphatic hydroxyl groups is 1. The average molecular weight is 274 g/mol. The van der Waals surface area contributed by atoms with Gasteiger partial charge in [0, 0.05) is 15.5 Å². The largest absolute Gasteiger partial charge is 0.463 e. The van der Waals surface area contributed by atoms with E-state index < -0.39 is 23.0 Å². The normalized spacial score (nSPS) is 13.7. The monoisotopic (exact) mass is 273 g/mol. The smallest absolute Gasteiger partial charge is 0.349 e. The summed E-state index contributed by atoms with van der Waals surface area (Å²) in [6.07, 6.45) is 0. The first-order chi connectivity index (χ1) is 8.40. The Morgan fingerprint density at radius 2 is 2.28 bits per heavy atom. The van der Waals surface area contributed by atoms with Crippen LogP contribution in [0.15, 0.2) is 24.3 Å². The SMILES string of the molecule is CCOC(=O)[C@](O)(C[N+](=O)[O-])c1cccc(Cl)c1. The highest BCUT2D eigenvalue weighted by molar-refractivity contribution is 6.30. The fourth-order valence-corrected chi connectivity index (χ4v) is 1.65. The number of carbonyl (C=O) groups excluding carboxylic acids is 1. The molecule has 0 aliphatic rings. The lowest BCUT2D eigenvalue weighted by molar-refractivity contribution is -0.499. The first-order valence-electron chi connectivity index (χ1n) is 5.17. The topological polar surface area (TPSA) is 89.7 Å². The van der Waals surface area contributed by atoms with Crippen molar-refractivity contribution in [2.45, 2.75) is 12.5 Å². The molecule has 0 bridgehead atoms. The molecule has 0 amide bonds. The van der Waals surface area contributed by atoms with Crippen molar-refractivity contribution in [3.05, 3.63) is 45.0 Å². The van der Waals surface area contributed by atoms with Gasteiger partial charge in [-0.25, -0.2) is 4.79 Å². The van der Waals surface area contributed by atoms with Crippen molar-refractivity contribution in [3.63, 3.8) is 0 Å². The third-order valence-electron chi connectivity index (χ3n) is 2.27. The summed E-state index contributed by atoms with van der Waals surface area (Å²) in [5.74, 6) is -1.07. The van der Waals surface area contributed by atoms with E-state index in [4.69, 9.17) is 11.6 Å². The van der Waals surface area contributed by atoms with Crippen molar-refractivity contribution in [3.8, 4) is 0 Å². The van der Waals surface area contributed by atoms with Gasteiger partial charge in [-0.3, -0.25) is 10.1 Å². The van der Waals surface area contributed by atoms with Gasteiger partial charge in [-0.2, -0.15) is 0 Å². The Hall–Kier alpha value is -1.66. The number of benzene rings is 1. The molecule has 18 heavy (non-hydrogen) atoms. The van der Waals surface area contributed by atoms with Gasteiger partial charge < -0.3 is 9.84 Å². The molecule has 0 spiro atoms. The van der Waals surface area contributed by atoms with Crippen molar-refractivity contribution in [1.29, 1.82) is 0 Å². The number of halogens is 1. The summed E-state index contributed by atoms with van der Waals surface area (Å²) >= 11 is 5.74. The zero-order chi connectivity index (χ0) is 13.8. The molecule has 0 unspecified atom stereocenters. The number of carbonyl (C=O) groups is 1. The molecule has 0 saturated heterocycles. The molecular weight excluding hydrogens is 262 g/mol. The van der Waals surface area contributed by atoms with Crippen LogP contribution in [0.2, 0.25) is 5.02 Å². The fourth-order valence-electron chi connectivity index (χ4n) is 1.46. The molecular formula is C11H12ClNO5. The minimum absolute atomic E-state index is 0.0133. The molecule has 0 fully saturated rings. The minimum Gasteiger partial charge on any atom is -0.463 e. The third-order valence-corrected chi connectivity index (χ3v) is 2.51. The van der Waals surface area contributed by atoms with Crippen LogP contribution in [0.3, 0.4) is 0 Å². The first kappa shape index (κ1) is 14.4. The molecule has 1 atom stereocenters. The highest BCUT2D eigenvalue weighted by Gasteiger charge is 2.45. The van der Waals surface area contributed by atoms with Crippen LogP contribution in [0.4, 0.5) is 0 Å². The Labute approximate surface area is 108 Å². The van der Waals surface area contributed by atoms with Crippen LogP contribution in [0.1, 0.15) is 12.5 Å². The second-order valence-electron chi connectivity index (χ2n) is 3.58. The van der Waals surface area contributed by atoms with Crippen molar-refractivity contribution in [2.24, 2.45) is 0 Å². The molecule has 1 rings (SSSR count). The average Bonchev–Trinajstić information content (AvgIpc) is 2.28. The first-order valence-corrected chi connectivity index (χ1v) is 5.55. The van der Waals surface area contributed by atoms with E-state index in [9.17, 15) is 20.0 Å². The zero-order valence-corrected chi connectivity index (χ0v) is 10.4. The Morgan fingerprint density at radius 3 is 2.78 bits per heavy atom. The predicted octanol–water partition coefficient (Wildman–Crippen LogP) is 1.37. The fraction of sp³-hybridized carbons (Fsp3) is 0.364. The molecule has 7 heteroatoms. The van der Waals surface area contributed by atoms with Crippen molar-refractivity contribution in [2.75, 3.05) is 13.2 Å². The maximum absolute atomic E-state index is 11.7. The van der Waals surface area contributed by atoms with Crippen molar-refractivity contribution < 1.29 is 19.6 Å². The lowest BCUT2D eigenvalue weighted by Crippen LogP contribution is -2.43. The van der Waals surface area contributed by atoms with Gasteiger partial charge in [0.1, 0.15) is 0 Å². The highest BCUT2D eigenvalue weighted by atomic mass is 35.5. The number of nitro groups is 1.